The van der Waals surface area contributed by atoms with Gasteiger partial charge in [0.2, 0.25) is 0 Å². The molecule has 0 aliphatic rings. The van der Waals surface area contributed by atoms with Crippen molar-refractivity contribution < 1.29 is 13.6 Å². The van der Waals surface area contributed by atoms with Crippen molar-refractivity contribution in [3.63, 3.8) is 0 Å². The predicted octanol–water partition coefficient (Wildman–Crippen LogP) is 3.57. The van der Waals surface area contributed by atoms with Crippen LogP contribution in [0.2, 0.25) is 5.15 Å². The van der Waals surface area contributed by atoms with Crippen LogP contribution in [0.5, 0.6) is 0 Å². The normalized spacial score (nSPS) is 10.3. The number of aryl methyl sites for hydroxylation is 1. The van der Waals surface area contributed by atoms with Gasteiger partial charge in [-0.05, 0) is 30.7 Å². The molecule has 2 rings (SSSR count). The van der Waals surface area contributed by atoms with Gasteiger partial charge >= 0.3 is 0 Å². The van der Waals surface area contributed by atoms with Gasteiger partial charge in [0, 0.05) is 6.07 Å². The van der Waals surface area contributed by atoms with E-state index in [0.717, 1.165) is 12.1 Å². The maximum absolute atomic E-state index is 13.4. The highest BCUT2D eigenvalue weighted by Gasteiger charge is 2.13. The highest BCUT2D eigenvalue weighted by Crippen LogP contribution is 2.17. The summed E-state index contributed by atoms with van der Waals surface area (Å²) in [4.78, 5) is 15.7. The molecule has 6 heteroatoms. The molecule has 0 saturated carbocycles. The third-order valence-corrected chi connectivity index (χ3v) is 2.84. The number of nitrogens with zero attached hydrogens (tertiary/aromatic N) is 1. The fourth-order valence-electron chi connectivity index (χ4n) is 1.50. The molecule has 1 aromatic carbocycles. The molecule has 19 heavy (non-hydrogen) atoms. The average Bonchev–Trinajstić information content (AvgIpc) is 2.33. The van der Waals surface area contributed by atoms with E-state index in [9.17, 15) is 13.6 Å². The molecule has 0 aliphatic carbocycles. The Bertz CT molecular complexity index is 647. The molecule has 1 aromatic heterocycles. The molecule has 0 spiro atoms. The van der Waals surface area contributed by atoms with Crippen molar-refractivity contribution >= 4 is 23.2 Å². The first-order valence-electron chi connectivity index (χ1n) is 5.36. The minimum absolute atomic E-state index is 0.242. The van der Waals surface area contributed by atoms with Gasteiger partial charge in [0.15, 0.2) is 0 Å². The Balaban J connectivity index is 2.23. The number of carbonyl (C=O) groups is 1. The number of nitrogens with one attached hydrogen (secondary N) is 1. The predicted molar refractivity (Wildman–Crippen MR) is 68.3 cm³/mol. The van der Waals surface area contributed by atoms with Crippen LogP contribution in [0.3, 0.4) is 0 Å². The van der Waals surface area contributed by atoms with Crippen LogP contribution < -0.4 is 5.32 Å². The van der Waals surface area contributed by atoms with Crippen LogP contribution in [-0.2, 0) is 0 Å². The van der Waals surface area contributed by atoms with E-state index < -0.39 is 17.5 Å². The van der Waals surface area contributed by atoms with E-state index in [2.05, 4.69) is 10.3 Å². The molecule has 0 bridgehead atoms. The van der Waals surface area contributed by atoms with E-state index in [-0.39, 0.29) is 5.56 Å². The molecule has 0 unspecified atom stereocenters. The van der Waals surface area contributed by atoms with Crippen molar-refractivity contribution in [2.75, 3.05) is 5.32 Å². The van der Waals surface area contributed by atoms with Gasteiger partial charge in [-0.3, -0.25) is 4.79 Å². The quantitative estimate of drug-likeness (QED) is 0.856. The minimum atomic E-state index is -0.920. The van der Waals surface area contributed by atoms with Gasteiger partial charge < -0.3 is 5.32 Å². The molecule has 3 nitrogen and oxygen atoms in total. The van der Waals surface area contributed by atoms with Crippen molar-refractivity contribution in [1.29, 1.82) is 0 Å². The summed E-state index contributed by atoms with van der Waals surface area (Å²) in [5.74, 6) is -2.34. The molecule has 0 radical (unpaired) electrons. The van der Waals surface area contributed by atoms with Crippen LogP contribution in [-0.4, -0.2) is 10.9 Å². The summed E-state index contributed by atoms with van der Waals surface area (Å²) in [6.45, 7) is 1.73. The van der Waals surface area contributed by atoms with Crippen LogP contribution in [0, 0.1) is 18.6 Å². The van der Waals surface area contributed by atoms with Crippen molar-refractivity contribution in [2.45, 2.75) is 6.92 Å². The summed E-state index contributed by atoms with van der Waals surface area (Å²) < 4.78 is 26.1. The fourth-order valence-corrected chi connectivity index (χ4v) is 1.60. The van der Waals surface area contributed by atoms with Crippen LogP contribution in [0.15, 0.2) is 30.5 Å². The summed E-state index contributed by atoms with van der Waals surface area (Å²) in [7, 11) is 0. The van der Waals surface area contributed by atoms with Gasteiger partial charge in [-0.1, -0.05) is 11.6 Å². The molecule has 1 amide bonds. The average molecular weight is 283 g/mol. The standard InChI is InChI=1S/C13H9ClF2N2O/c1-7-4-9(6-17-12(7)14)18-13(19)10-3-2-8(15)5-11(10)16/h2-6H,1H3,(H,18,19). The van der Waals surface area contributed by atoms with Crippen molar-refractivity contribution in [3.8, 4) is 0 Å². The first-order chi connectivity index (χ1) is 8.97. The topological polar surface area (TPSA) is 42.0 Å². The molecule has 1 heterocycles. The minimum Gasteiger partial charge on any atom is -0.320 e. The molecule has 1 N–H and O–H groups in total. The van der Waals surface area contributed by atoms with E-state index in [1.165, 1.54) is 6.20 Å². The second kappa shape index (κ2) is 5.32. The van der Waals surface area contributed by atoms with Crippen LogP contribution in [0.1, 0.15) is 15.9 Å². The second-order valence-corrected chi connectivity index (χ2v) is 4.27. The van der Waals surface area contributed by atoms with E-state index in [4.69, 9.17) is 11.6 Å². The summed E-state index contributed by atoms with van der Waals surface area (Å²) in [6.07, 6.45) is 1.36. The Hall–Kier alpha value is -2.01. The smallest absolute Gasteiger partial charge is 0.258 e. The van der Waals surface area contributed by atoms with E-state index in [0.29, 0.717) is 22.5 Å². The Labute approximate surface area is 113 Å². The van der Waals surface area contributed by atoms with Gasteiger partial charge in [0.05, 0.1) is 17.4 Å². The lowest BCUT2D eigenvalue weighted by Gasteiger charge is -2.07. The lowest BCUT2D eigenvalue weighted by Crippen LogP contribution is -2.14. The van der Waals surface area contributed by atoms with E-state index in [1.54, 1.807) is 13.0 Å². The largest absolute Gasteiger partial charge is 0.320 e. The summed E-state index contributed by atoms with van der Waals surface area (Å²) >= 11 is 5.75. The van der Waals surface area contributed by atoms with E-state index in [1.807, 2.05) is 0 Å². The highest BCUT2D eigenvalue weighted by molar-refractivity contribution is 6.30. The molecule has 0 atom stereocenters. The molecule has 0 aliphatic heterocycles. The fraction of sp³-hybridized carbons (Fsp3) is 0.0769. The van der Waals surface area contributed by atoms with Crippen molar-refractivity contribution in [2.24, 2.45) is 0 Å². The number of rotatable bonds is 2. The third-order valence-electron chi connectivity index (χ3n) is 2.45. The first kappa shape index (κ1) is 13.4. The highest BCUT2D eigenvalue weighted by atomic mass is 35.5. The molecular weight excluding hydrogens is 274 g/mol. The molecule has 98 valence electrons. The van der Waals surface area contributed by atoms with Gasteiger partial charge in [0.25, 0.3) is 5.91 Å². The van der Waals surface area contributed by atoms with Crippen LogP contribution in [0.25, 0.3) is 0 Å². The van der Waals surface area contributed by atoms with Gasteiger partial charge in [-0.25, -0.2) is 13.8 Å². The summed E-state index contributed by atoms with van der Waals surface area (Å²) in [5.41, 5.74) is 0.823. The number of hydrogen-bond acceptors (Lipinski definition) is 2. The number of amides is 1. The summed E-state index contributed by atoms with van der Waals surface area (Å²) in [5, 5.41) is 2.79. The maximum atomic E-state index is 13.4. The zero-order valence-corrected chi connectivity index (χ0v) is 10.6. The number of aromatic nitrogens is 1. The monoisotopic (exact) mass is 282 g/mol. The maximum Gasteiger partial charge on any atom is 0.258 e. The van der Waals surface area contributed by atoms with Crippen LogP contribution >= 0.6 is 11.6 Å². The van der Waals surface area contributed by atoms with Crippen molar-refractivity contribution in [1.82, 2.24) is 4.98 Å². The third kappa shape index (κ3) is 3.06. The SMILES string of the molecule is Cc1cc(NC(=O)c2ccc(F)cc2F)cnc1Cl. The van der Waals surface area contributed by atoms with Gasteiger partial charge in [-0.15, -0.1) is 0 Å². The molecule has 0 fully saturated rings. The van der Waals surface area contributed by atoms with Gasteiger partial charge in [0.1, 0.15) is 16.8 Å². The Morgan fingerprint density at radius 1 is 1.32 bits per heavy atom. The van der Waals surface area contributed by atoms with Gasteiger partial charge in [-0.2, -0.15) is 0 Å². The number of anilines is 1. The van der Waals surface area contributed by atoms with E-state index >= 15 is 0 Å². The Kier molecular flexibility index (Phi) is 3.76. The number of pyridine rings is 1. The number of carbonyl (C=O) groups excluding carboxylic acids is 1. The lowest BCUT2D eigenvalue weighted by molar-refractivity contribution is 0.102. The Morgan fingerprint density at radius 2 is 2.05 bits per heavy atom. The molecule has 0 saturated heterocycles. The molecular formula is C13H9ClF2N2O. The first-order valence-corrected chi connectivity index (χ1v) is 5.73. The number of halogens is 3. The zero-order valence-electron chi connectivity index (χ0n) is 9.88. The van der Waals surface area contributed by atoms with Crippen molar-refractivity contribution in [3.05, 3.63) is 58.4 Å². The number of benzene rings is 1. The Morgan fingerprint density at radius 3 is 2.68 bits per heavy atom. The van der Waals surface area contributed by atoms with Crippen LogP contribution in [0.4, 0.5) is 14.5 Å². The second-order valence-electron chi connectivity index (χ2n) is 3.91. The number of hydrogen-bond donors (Lipinski definition) is 1. The summed E-state index contributed by atoms with van der Waals surface area (Å²) in [6, 6.07) is 4.36. The zero-order chi connectivity index (χ0) is 14.0. The molecule has 2 aromatic rings. The lowest BCUT2D eigenvalue weighted by atomic mass is 10.2.